The van der Waals surface area contributed by atoms with E-state index in [1.54, 1.807) is 0 Å². The number of aromatic nitrogens is 2. The molecule has 0 aliphatic rings. The van der Waals surface area contributed by atoms with E-state index in [1.807, 2.05) is 0 Å². The van der Waals surface area contributed by atoms with Crippen molar-refractivity contribution in [3.8, 4) is 16.9 Å². The normalized spacial score (nSPS) is 10.1. The van der Waals surface area contributed by atoms with E-state index >= 15 is 0 Å². The van der Waals surface area contributed by atoms with Crippen molar-refractivity contribution in [1.29, 1.82) is 0 Å². The van der Waals surface area contributed by atoms with Gasteiger partial charge in [0, 0.05) is 18.0 Å². The first-order valence-corrected chi connectivity index (χ1v) is 5.49. The van der Waals surface area contributed by atoms with Crippen LogP contribution in [-0.2, 0) is 4.74 Å². The molecule has 2 rings (SSSR count). The third kappa shape index (κ3) is 2.72. The van der Waals surface area contributed by atoms with Gasteiger partial charge in [-0.2, -0.15) is 0 Å². The number of phenolic OH excluding ortho intramolecular Hbond substituents is 1. The number of benzene rings is 1. The number of aromatic hydroxyl groups is 1. The molecular weight excluding hydrogens is 264 g/mol. The summed E-state index contributed by atoms with van der Waals surface area (Å²) in [6.45, 7) is 0. The Morgan fingerprint density at radius 2 is 1.75 bits per heavy atom. The first-order valence-electron chi connectivity index (χ1n) is 5.49. The highest BCUT2D eigenvalue weighted by Gasteiger charge is 2.11. The summed E-state index contributed by atoms with van der Waals surface area (Å²) >= 11 is 0. The first-order chi connectivity index (χ1) is 9.51. The van der Waals surface area contributed by atoms with Gasteiger partial charge in [-0.3, -0.25) is 0 Å². The van der Waals surface area contributed by atoms with Crippen LogP contribution in [0, 0.1) is 0 Å². The number of hydrogen-bond acceptors (Lipinski definition) is 6. The third-order valence-electron chi connectivity index (χ3n) is 2.52. The van der Waals surface area contributed by atoms with Gasteiger partial charge in [-0.1, -0.05) is 0 Å². The number of methoxy groups -OCH3 is 1. The van der Waals surface area contributed by atoms with E-state index in [1.165, 1.54) is 37.7 Å². The van der Waals surface area contributed by atoms with Crippen LogP contribution in [0.4, 0.5) is 0 Å². The maximum Gasteiger partial charge on any atom is 0.373 e. The van der Waals surface area contributed by atoms with Crippen LogP contribution in [-0.4, -0.2) is 39.2 Å². The molecule has 0 aliphatic heterocycles. The average Bonchev–Trinajstić information content (AvgIpc) is 2.45. The quantitative estimate of drug-likeness (QED) is 0.812. The molecule has 7 nitrogen and oxygen atoms in total. The lowest BCUT2D eigenvalue weighted by Crippen LogP contribution is -2.04. The summed E-state index contributed by atoms with van der Waals surface area (Å²) in [5.74, 6) is -2.28. The lowest BCUT2D eigenvalue weighted by molar-refractivity contribution is 0.0599. The van der Waals surface area contributed by atoms with E-state index in [0.29, 0.717) is 11.1 Å². The number of aromatic carboxylic acids is 1. The Kier molecular flexibility index (Phi) is 3.60. The van der Waals surface area contributed by atoms with Gasteiger partial charge >= 0.3 is 11.9 Å². The number of hydrogen-bond donors (Lipinski definition) is 2. The van der Waals surface area contributed by atoms with Crippen molar-refractivity contribution in [2.45, 2.75) is 0 Å². The number of rotatable bonds is 3. The van der Waals surface area contributed by atoms with Gasteiger partial charge in [0.05, 0.1) is 12.7 Å². The Morgan fingerprint density at radius 1 is 1.10 bits per heavy atom. The predicted octanol–water partition coefficient (Wildman–Crippen LogP) is 1.33. The zero-order chi connectivity index (χ0) is 14.7. The molecule has 0 saturated carbocycles. The Labute approximate surface area is 113 Å². The molecule has 2 N–H and O–H groups in total. The van der Waals surface area contributed by atoms with E-state index in [-0.39, 0.29) is 17.1 Å². The summed E-state index contributed by atoms with van der Waals surface area (Å²) in [4.78, 5) is 29.5. The maximum atomic E-state index is 11.5. The molecule has 102 valence electrons. The minimum absolute atomic E-state index is 0.120. The van der Waals surface area contributed by atoms with E-state index in [4.69, 9.17) is 5.11 Å². The summed E-state index contributed by atoms with van der Waals surface area (Å²) in [6, 6.07) is 4.16. The van der Waals surface area contributed by atoms with Gasteiger partial charge in [0.2, 0.25) is 5.82 Å². The first kappa shape index (κ1) is 13.5. The lowest BCUT2D eigenvalue weighted by Gasteiger charge is -2.05. The Bertz CT molecular complexity index is 667. The summed E-state index contributed by atoms with van der Waals surface area (Å²) < 4.78 is 4.57. The molecule has 0 amide bonds. The van der Waals surface area contributed by atoms with Crippen molar-refractivity contribution in [2.75, 3.05) is 7.11 Å². The minimum Gasteiger partial charge on any atom is -0.508 e. The SMILES string of the molecule is COC(=O)c1cc(O)cc(-c2cnc(C(=O)O)nc2)c1. The number of esters is 1. The van der Waals surface area contributed by atoms with Crippen molar-refractivity contribution < 1.29 is 24.5 Å². The Hall–Kier alpha value is -2.96. The number of ether oxygens (including phenoxy) is 1. The Balaban J connectivity index is 2.44. The molecule has 0 unspecified atom stereocenters. The molecule has 0 saturated heterocycles. The molecule has 1 aromatic carbocycles. The largest absolute Gasteiger partial charge is 0.508 e. The molecule has 1 heterocycles. The second kappa shape index (κ2) is 5.35. The molecule has 20 heavy (non-hydrogen) atoms. The molecule has 0 bridgehead atoms. The molecule has 2 aromatic rings. The fourth-order valence-electron chi connectivity index (χ4n) is 1.60. The summed E-state index contributed by atoms with van der Waals surface area (Å²) in [5, 5.41) is 18.3. The van der Waals surface area contributed by atoms with Gasteiger partial charge in [0.1, 0.15) is 5.75 Å². The van der Waals surface area contributed by atoms with E-state index < -0.39 is 11.9 Å². The molecule has 1 aromatic heterocycles. The number of carbonyl (C=O) groups excluding carboxylic acids is 1. The van der Waals surface area contributed by atoms with Crippen LogP contribution in [0.2, 0.25) is 0 Å². The molecule has 0 atom stereocenters. The number of carboxylic acids is 1. The van der Waals surface area contributed by atoms with Gasteiger partial charge in [0.25, 0.3) is 0 Å². The summed E-state index contributed by atoms with van der Waals surface area (Å²) in [6.07, 6.45) is 2.60. The van der Waals surface area contributed by atoms with Crippen molar-refractivity contribution in [1.82, 2.24) is 9.97 Å². The number of carboxylic acid groups (broad SMARTS) is 1. The van der Waals surface area contributed by atoms with Crippen LogP contribution in [0.5, 0.6) is 5.75 Å². The molecule has 7 heteroatoms. The Morgan fingerprint density at radius 3 is 2.30 bits per heavy atom. The predicted molar refractivity (Wildman–Crippen MR) is 67.4 cm³/mol. The highest BCUT2D eigenvalue weighted by molar-refractivity contribution is 5.91. The van der Waals surface area contributed by atoms with Gasteiger partial charge in [0.15, 0.2) is 0 Å². The van der Waals surface area contributed by atoms with E-state index in [0.717, 1.165) is 0 Å². The van der Waals surface area contributed by atoms with Crippen LogP contribution < -0.4 is 0 Å². The van der Waals surface area contributed by atoms with Crippen molar-refractivity contribution in [2.24, 2.45) is 0 Å². The topological polar surface area (TPSA) is 110 Å². The van der Waals surface area contributed by atoms with Crippen LogP contribution in [0.25, 0.3) is 11.1 Å². The molecule has 0 spiro atoms. The van der Waals surface area contributed by atoms with Crippen molar-refractivity contribution in [3.63, 3.8) is 0 Å². The molecule has 0 aliphatic carbocycles. The van der Waals surface area contributed by atoms with Gasteiger partial charge in [-0.25, -0.2) is 19.6 Å². The van der Waals surface area contributed by atoms with Gasteiger partial charge in [-0.05, 0) is 23.8 Å². The van der Waals surface area contributed by atoms with Crippen molar-refractivity contribution >= 4 is 11.9 Å². The molecule has 0 radical (unpaired) electrons. The number of nitrogens with zero attached hydrogens (tertiary/aromatic N) is 2. The number of carbonyl (C=O) groups is 2. The zero-order valence-corrected chi connectivity index (χ0v) is 10.4. The lowest BCUT2D eigenvalue weighted by atomic mass is 10.1. The van der Waals surface area contributed by atoms with Gasteiger partial charge < -0.3 is 14.9 Å². The van der Waals surface area contributed by atoms with Crippen LogP contribution >= 0.6 is 0 Å². The highest BCUT2D eigenvalue weighted by Crippen LogP contribution is 2.25. The highest BCUT2D eigenvalue weighted by atomic mass is 16.5. The summed E-state index contributed by atoms with van der Waals surface area (Å²) in [5.41, 5.74) is 1.11. The standard InChI is InChI=1S/C13H10N2O5/c1-20-13(19)8-2-7(3-10(16)4-8)9-5-14-11(12(17)18)15-6-9/h2-6,16H,1H3,(H,17,18). The molecular formula is C13H10N2O5. The van der Waals surface area contributed by atoms with Crippen molar-refractivity contribution in [3.05, 3.63) is 42.0 Å². The minimum atomic E-state index is -1.23. The van der Waals surface area contributed by atoms with E-state index in [9.17, 15) is 14.7 Å². The fourth-order valence-corrected chi connectivity index (χ4v) is 1.60. The average molecular weight is 274 g/mol. The maximum absolute atomic E-state index is 11.5. The third-order valence-corrected chi connectivity index (χ3v) is 2.52. The monoisotopic (exact) mass is 274 g/mol. The molecule has 0 fully saturated rings. The van der Waals surface area contributed by atoms with Crippen LogP contribution in [0.3, 0.4) is 0 Å². The summed E-state index contributed by atoms with van der Waals surface area (Å²) in [7, 11) is 1.23. The van der Waals surface area contributed by atoms with Gasteiger partial charge in [-0.15, -0.1) is 0 Å². The zero-order valence-electron chi connectivity index (χ0n) is 10.4. The number of phenols is 1. The fraction of sp³-hybridized carbons (Fsp3) is 0.0769. The second-order valence-corrected chi connectivity index (χ2v) is 3.86. The van der Waals surface area contributed by atoms with Crippen LogP contribution in [0.1, 0.15) is 21.0 Å². The second-order valence-electron chi connectivity index (χ2n) is 3.86. The smallest absolute Gasteiger partial charge is 0.373 e. The van der Waals surface area contributed by atoms with Crippen LogP contribution in [0.15, 0.2) is 30.6 Å². The van der Waals surface area contributed by atoms with E-state index in [2.05, 4.69) is 14.7 Å².